The van der Waals surface area contributed by atoms with Crippen LogP contribution in [0.4, 0.5) is 0 Å². The van der Waals surface area contributed by atoms with Crippen molar-refractivity contribution >= 4 is 28.3 Å². The minimum atomic E-state index is -3.43. The number of fused-ring (bicyclic) bond motifs is 1. The third-order valence-corrected chi connectivity index (χ3v) is 4.04. The van der Waals surface area contributed by atoms with Gasteiger partial charge in [-0.2, -0.15) is 0 Å². The first-order chi connectivity index (χ1) is 7.46. The highest BCUT2D eigenvalue weighted by atomic mass is 35.5. The number of nitrogens with one attached hydrogen (secondary N) is 2. The molecule has 0 radical (unpaired) electrons. The molecule has 7 heteroatoms. The van der Waals surface area contributed by atoms with Gasteiger partial charge in [-0.1, -0.05) is 12.8 Å². The highest BCUT2D eigenvalue weighted by Gasteiger charge is 2.38. The molecule has 2 aliphatic rings. The summed E-state index contributed by atoms with van der Waals surface area (Å²) in [6, 6.07) is 0.0758. The van der Waals surface area contributed by atoms with Crippen molar-refractivity contribution in [3.05, 3.63) is 0 Å². The zero-order valence-corrected chi connectivity index (χ0v) is 11.4. The van der Waals surface area contributed by atoms with E-state index in [1.54, 1.807) is 0 Å². The molecular formula is C10H19ClN2O3S. The molecular weight excluding hydrogens is 264 g/mol. The Hall–Kier alpha value is -0.330. The molecule has 3 atom stereocenters. The highest BCUT2D eigenvalue weighted by Crippen LogP contribution is 2.33. The molecule has 2 fully saturated rings. The van der Waals surface area contributed by atoms with Gasteiger partial charge in [-0.15, -0.1) is 12.4 Å². The van der Waals surface area contributed by atoms with Crippen molar-refractivity contribution in [2.24, 2.45) is 5.92 Å². The van der Waals surface area contributed by atoms with Crippen LogP contribution in [0, 0.1) is 5.92 Å². The van der Waals surface area contributed by atoms with Crippen LogP contribution in [0.3, 0.4) is 0 Å². The average Bonchev–Trinajstić information content (AvgIpc) is 2.58. The second-order valence-electron chi connectivity index (χ2n) is 4.84. The fraction of sp³-hybridized carbons (Fsp3) is 0.900. The van der Waals surface area contributed by atoms with Crippen LogP contribution in [-0.2, 0) is 14.8 Å². The van der Waals surface area contributed by atoms with Crippen LogP contribution < -0.4 is 10.0 Å². The Balaban J connectivity index is 0.00000144. The molecule has 5 nitrogen and oxygen atoms in total. The Bertz CT molecular complexity index is 371. The topological polar surface area (TPSA) is 75.3 Å². The van der Waals surface area contributed by atoms with E-state index in [9.17, 15) is 13.2 Å². The predicted molar refractivity (Wildman–Crippen MR) is 67.5 cm³/mol. The number of amides is 1. The summed E-state index contributed by atoms with van der Waals surface area (Å²) >= 11 is 0. The number of hydrogen-bond donors (Lipinski definition) is 2. The molecule has 1 aliphatic carbocycles. The van der Waals surface area contributed by atoms with Crippen molar-refractivity contribution in [1.82, 2.24) is 10.0 Å². The van der Waals surface area contributed by atoms with E-state index in [0.29, 0.717) is 12.0 Å². The fourth-order valence-corrected chi connectivity index (χ4v) is 3.28. The summed E-state index contributed by atoms with van der Waals surface area (Å²) in [4.78, 5) is 11.7. The van der Waals surface area contributed by atoms with E-state index < -0.39 is 15.9 Å². The zero-order valence-electron chi connectivity index (χ0n) is 9.81. The molecule has 0 aromatic heterocycles. The van der Waals surface area contributed by atoms with Crippen molar-refractivity contribution in [3.63, 3.8) is 0 Å². The van der Waals surface area contributed by atoms with Gasteiger partial charge in [0.1, 0.15) is 0 Å². The van der Waals surface area contributed by atoms with E-state index in [1.807, 2.05) is 4.72 Å². The standard InChI is InChI=1S/C10H18N2O3S.ClH/c1-16(14,15)12-10(13)9-6-7-4-2-3-5-8(7)11-9;/h7-9,11H,2-6H2,1H3,(H,12,13);1H/t7-,8-,9-;/m0./s1. The maximum absolute atomic E-state index is 11.7. The SMILES string of the molecule is CS(=O)(=O)NC(=O)[C@@H]1C[C@@H]2CCCC[C@@H]2N1.Cl. The summed E-state index contributed by atoms with van der Waals surface area (Å²) in [6.45, 7) is 0. The first-order valence-electron chi connectivity index (χ1n) is 5.73. The van der Waals surface area contributed by atoms with E-state index in [0.717, 1.165) is 25.5 Å². The molecule has 1 heterocycles. The summed E-state index contributed by atoms with van der Waals surface area (Å²) in [6.07, 6.45) is 6.46. The lowest BCUT2D eigenvalue weighted by Gasteiger charge is -2.24. The number of sulfonamides is 1. The quantitative estimate of drug-likeness (QED) is 0.769. The Morgan fingerprint density at radius 2 is 1.94 bits per heavy atom. The highest BCUT2D eigenvalue weighted by molar-refractivity contribution is 7.89. The molecule has 1 aliphatic heterocycles. The van der Waals surface area contributed by atoms with E-state index in [4.69, 9.17) is 0 Å². The third kappa shape index (κ3) is 3.82. The molecule has 0 aromatic carbocycles. The Kier molecular flexibility index (Phi) is 4.80. The zero-order chi connectivity index (χ0) is 11.8. The van der Waals surface area contributed by atoms with Crippen LogP contribution >= 0.6 is 12.4 Å². The maximum Gasteiger partial charge on any atom is 0.250 e. The largest absolute Gasteiger partial charge is 0.303 e. The lowest BCUT2D eigenvalue weighted by molar-refractivity contribution is -0.121. The van der Waals surface area contributed by atoms with Gasteiger partial charge in [0.25, 0.3) is 5.91 Å². The minimum absolute atomic E-state index is 0. The van der Waals surface area contributed by atoms with Crippen LogP contribution in [0.5, 0.6) is 0 Å². The van der Waals surface area contributed by atoms with Crippen LogP contribution in [0.25, 0.3) is 0 Å². The summed E-state index contributed by atoms with van der Waals surface area (Å²) < 4.78 is 23.9. The first-order valence-corrected chi connectivity index (χ1v) is 7.62. The van der Waals surface area contributed by atoms with Gasteiger partial charge in [0, 0.05) is 6.04 Å². The predicted octanol–water partition coefficient (Wildman–Crippen LogP) is 0.405. The second kappa shape index (κ2) is 5.54. The fourth-order valence-electron chi connectivity index (χ4n) is 2.77. The van der Waals surface area contributed by atoms with Crippen molar-refractivity contribution in [3.8, 4) is 0 Å². The summed E-state index contributed by atoms with van der Waals surface area (Å²) in [5.74, 6) is 0.140. The molecule has 0 spiro atoms. The van der Waals surface area contributed by atoms with Crippen molar-refractivity contribution < 1.29 is 13.2 Å². The molecule has 0 bridgehead atoms. The number of carbonyl (C=O) groups excluding carboxylic acids is 1. The van der Waals surface area contributed by atoms with Crippen molar-refractivity contribution in [2.45, 2.75) is 44.2 Å². The van der Waals surface area contributed by atoms with Crippen LogP contribution in [-0.4, -0.2) is 32.7 Å². The lowest BCUT2D eigenvalue weighted by Crippen LogP contribution is -2.44. The van der Waals surface area contributed by atoms with Gasteiger partial charge in [0.05, 0.1) is 12.3 Å². The molecule has 2 rings (SSSR count). The number of carbonyl (C=O) groups is 1. The normalized spacial score (nSPS) is 32.4. The molecule has 1 saturated carbocycles. The first kappa shape index (κ1) is 14.7. The van der Waals surface area contributed by atoms with Crippen LogP contribution in [0.15, 0.2) is 0 Å². The Morgan fingerprint density at radius 1 is 1.29 bits per heavy atom. The Morgan fingerprint density at radius 3 is 2.53 bits per heavy atom. The summed E-state index contributed by atoms with van der Waals surface area (Å²) in [5, 5.41) is 3.24. The molecule has 100 valence electrons. The van der Waals surface area contributed by atoms with Crippen LogP contribution in [0.1, 0.15) is 32.1 Å². The summed E-state index contributed by atoms with van der Waals surface area (Å²) in [5.41, 5.74) is 0. The summed E-state index contributed by atoms with van der Waals surface area (Å²) in [7, 11) is -3.43. The van der Waals surface area contributed by atoms with Crippen molar-refractivity contribution in [1.29, 1.82) is 0 Å². The second-order valence-corrected chi connectivity index (χ2v) is 6.59. The van der Waals surface area contributed by atoms with E-state index in [1.165, 1.54) is 12.8 Å². The van der Waals surface area contributed by atoms with E-state index >= 15 is 0 Å². The van der Waals surface area contributed by atoms with E-state index in [-0.39, 0.29) is 18.4 Å². The minimum Gasteiger partial charge on any atom is -0.303 e. The molecule has 2 N–H and O–H groups in total. The third-order valence-electron chi connectivity index (χ3n) is 3.47. The number of halogens is 1. The van der Waals surface area contributed by atoms with Crippen LogP contribution in [0.2, 0.25) is 0 Å². The Labute approximate surface area is 108 Å². The molecule has 1 saturated heterocycles. The molecule has 0 unspecified atom stereocenters. The monoisotopic (exact) mass is 282 g/mol. The van der Waals surface area contributed by atoms with Gasteiger partial charge in [0.2, 0.25) is 10.0 Å². The van der Waals surface area contributed by atoms with Gasteiger partial charge < -0.3 is 5.32 Å². The van der Waals surface area contributed by atoms with Gasteiger partial charge >= 0.3 is 0 Å². The van der Waals surface area contributed by atoms with Gasteiger partial charge in [-0.3, -0.25) is 9.52 Å². The number of hydrogen-bond acceptors (Lipinski definition) is 4. The molecule has 1 amide bonds. The number of rotatable bonds is 2. The van der Waals surface area contributed by atoms with Gasteiger partial charge in [-0.05, 0) is 25.2 Å². The van der Waals surface area contributed by atoms with Crippen molar-refractivity contribution in [2.75, 3.05) is 6.26 Å². The maximum atomic E-state index is 11.7. The molecule has 17 heavy (non-hydrogen) atoms. The van der Waals surface area contributed by atoms with E-state index in [2.05, 4.69) is 5.32 Å². The van der Waals surface area contributed by atoms with Gasteiger partial charge in [-0.25, -0.2) is 8.42 Å². The molecule has 0 aromatic rings. The lowest BCUT2D eigenvalue weighted by atomic mass is 9.85. The average molecular weight is 283 g/mol. The smallest absolute Gasteiger partial charge is 0.250 e. The van der Waals surface area contributed by atoms with Gasteiger partial charge in [0.15, 0.2) is 0 Å².